The smallest absolute Gasteiger partial charge is 0.124 e. The zero-order valence-electron chi connectivity index (χ0n) is 8.15. The van der Waals surface area contributed by atoms with Crippen molar-refractivity contribution in [3.8, 4) is 6.07 Å². The maximum Gasteiger partial charge on any atom is 0.124 e. The van der Waals surface area contributed by atoms with Gasteiger partial charge in [-0.1, -0.05) is 6.07 Å². The van der Waals surface area contributed by atoms with E-state index in [1.165, 1.54) is 0 Å². The predicted octanol–water partition coefficient (Wildman–Crippen LogP) is 1.52. The molecule has 0 saturated carbocycles. The van der Waals surface area contributed by atoms with E-state index in [2.05, 4.69) is 11.1 Å². The molecule has 0 aliphatic rings. The Morgan fingerprint density at radius 2 is 2.15 bits per heavy atom. The molecule has 3 nitrogen and oxygen atoms in total. The summed E-state index contributed by atoms with van der Waals surface area (Å²) in [6, 6.07) is 5.88. The Kier molecular flexibility index (Phi) is 2.99. The lowest BCUT2D eigenvalue weighted by Gasteiger charge is -2.16. The summed E-state index contributed by atoms with van der Waals surface area (Å²) in [5.74, 6) is 0. The van der Waals surface area contributed by atoms with E-state index in [-0.39, 0.29) is 6.04 Å². The number of nitrogens with zero attached hydrogens (tertiary/aromatic N) is 3. The number of aromatic nitrogens is 1. The Morgan fingerprint density at radius 3 is 2.54 bits per heavy atom. The molecule has 1 atom stereocenters. The van der Waals surface area contributed by atoms with Crippen molar-refractivity contribution in [2.75, 3.05) is 14.1 Å². The highest BCUT2D eigenvalue weighted by Crippen LogP contribution is 2.15. The van der Waals surface area contributed by atoms with E-state index in [0.717, 1.165) is 11.3 Å². The molecule has 3 heteroatoms. The minimum Gasteiger partial charge on any atom is -0.290 e. The summed E-state index contributed by atoms with van der Waals surface area (Å²) < 4.78 is 0. The van der Waals surface area contributed by atoms with E-state index >= 15 is 0 Å². The molecule has 1 unspecified atom stereocenters. The third-order valence-electron chi connectivity index (χ3n) is 1.89. The van der Waals surface area contributed by atoms with Crippen LogP contribution in [0.4, 0.5) is 0 Å². The monoisotopic (exact) mass is 175 g/mol. The molecule has 0 radical (unpaired) electrons. The molecule has 1 aromatic rings. The van der Waals surface area contributed by atoms with Crippen LogP contribution >= 0.6 is 0 Å². The first-order chi connectivity index (χ1) is 6.15. The van der Waals surface area contributed by atoms with E-state index < -0.39 is 0 Å². The summed E-state index contributed by atoms with van der Waals surface area (Å²) in [6.07, 6.45) is 1.75. The van der Waals surface area contributed by atoms with Gasteiger partial charge in [-0.25, -0.2) is 0 Å². The maximum atomic E-state index is 8.90. The predicted molar refractivity (Wildman–Crippen MR) is 51.0 cm³/mol. The largest absolute Gasteiger partial charge is 0.290 e. The van der Waals surface area contributed by atoms with Crippen molar-refractivity contribution in [3.63, 3.8) is 0 Å². The summed E-state index contributed by atoms with van der Waals surface area (Å²) >= 11 is 0. The van der Waals surface area contributed by atoms with Crippen LogP contribution in [-0.4, -0.2) is 24.0 Å². The Morgan fingerprint density at radius 1 is 1.46 bits per heavy atom. The van der Waals surface area contributed by atoms with Gasteiger partial charge < -0.3 is 0 Å². The van der Waals surface area contributed by atoms with Crippen molar-refractivity contribution in [1.82, 2.24) is 9.88 Å². The fourth-order valence-corrected chi connectivity index (χ4v) is 1.13. The first-order valence-corrected chi connectivity index (χ1v) is 4.13. The van der Waals surface area contributed by atoms with E-state index in [0.29, 0.717) is 0 Å². The van der Waals surface area contributed by atoms with Crippen LogP contribution in [0.5, 0.6) is 0 Å². The van der Waals surface area contributed by atoms with E-state index in [9.17, 15) is 0 Å². The molecule has 13 heavy (non-hydrogen) atoms. The van der Waals surface area contributed by atoms with Crippen molar-refractivity contribution >= 4 is 0 Å². The third kappa shape index (κ3) is 2.27. The molecule has 0 fully saturated rings. The molecular formula is C10H13N3. The van der Waals surface area contributed by atoms with Crippen LogP contribution in [0.15, 0.2) is 18.3 Å². The Bertz CT molecular complexity index is 308. The lowest BCUT2D eigenvalue weighted by molar-refractivity contribution is 0.357. The lowest BCUT2D eigenvalue weighted by Crippen LogP contribution is -2.18. The third-order valence-corrected chi connectivity index (χ3v) is 1.89. The van der Waals surface area contributed by atoms with Crippen molar-refractivity contribution in [3.05, 3.63) is 29.6 Å². The van der Waals surface area contributed by atoms with Gasteiger partial charge in [0, 0.05) is 17.5 Å². The summed E-state index contributed by atoms with van der Waals surface area (Å²) in [5.41, 5.74) is 1.91. The van der Waals surface area contributed by atoms with Crippen molar-refractivity contribution < 1.29 is 0 Å². The van der Waals surface area contributed by atoms with Gasteiger partial charge >= 0.3 is 0 Å². The number of aryl methyl sites for hydroxylation is 1. The zero-order valence-corrected chi connectivity index (χ0v) is 8.15. The average molecular weight is 175 g/mol. The first-order valence-electron chi connectivity index (χ1n) is 4.13. The highest BCUT2D eigenvalue weighted by molar-refractivity contribution is 5.22. The highest BCUT2D eigenvalue weighted by Gasteiger charge is 2.12. The molecule has 0 amide bonds. The first kappa shape index (κ1) is 9.69. The summed E-state index contributed by atoms with van der Waals surface area (Å²) in [4.78, 5) is 6.02. The Hall–Kier alpha value is -1.40. The highest BCUT2D eigenvalue weighted by atomic mass is 15.1. The maximum absolute atomic E-state index is 8.90. The van der Waals surface area contributed by atoms with Gasteiger partial charge in [0.25, 0.3) is 0 Å². The molecule has 0 saturated heterocycles. The summed E-state index contributed by atoms with van der Waals surface area (Å²) in [5, 5.41) is 8.90. The van der Waals surface area contributed by atoms with Crippen LogP contribution < -0.4 is 0 Å². The van der Waals surface area contributed by atoms with Gasteiger partial charge in [0.1, 0.15) is 6.04 Å². The van der Waals surface area contributed by atoms with E-state index in [4.69, 9.17) is 5.26 Å². The fraction of sp³-hybridized carbons (Fsp3) is 0.400. The average Bonchev–Trinajstić information content (AvgIpc) is 2.09. The molecule has 1 rings (SSSR count). The van der Waals surface area contributed by atoms with Crippen LogP contribution in [0.25, 0.3) is 0 Å². The summed E-state index contributed by atoms with van der Waals surface area (Å²) in [6.45, 7) is 1.93. The second-order valence-electron chi connectivity index (χ2n) is 3.23. The molecule has 0 aliphatic carbocycles. The van der Waals surface area contributed by atoms with Gasteiger partial charge in [-0.3, -0.25) is 9.88 Å². The van der Waals surface area contributed by atoms with Crippen LogP contribution in [0.1, 0.15) is 17.3 Å². The Balaban J connectivity index is 2.94. The number of hydrogen-bond acceptors (Lipinski definition) is 3. The van der Waals surface area contributed by atoms with Crippen LogP contribution in [0, 0.1) is 18.3 Å². The van der Waals surface area contributed by atoms with E-state index in [1.807, 2.05) is 38.1 Å². The number of hydrogen-bond donors (Lipinski definition) is 0. The zero-order chi connectivity index (χ0) is 9.84. The molecule has 0 N–H and O–H groups in total. The van der Waals surface area contributed by atoms with Gasteiger partial charge in [0.15, 0.2) is 0 Å². The van der Waals surface area contributed by atoms with Gasteiger partial charge in [-0.05, 0) is 27.1 Å². The van der Waals surface area contributed by atoms with Crippen molar-refractivity contribution in [1.29, 1.82) is 5.26 Å². The molecule has 0 aliphatic heterocycles. The SMILES string of the molecule is Cc1ccc(C(C#N)N(C)C)cn1. The van der Waals surface area contributed by atoms with Gasteiger partial charge in [-0.2, -0.15) is 5.26 Å². The van der Waals surface area contributed by atoms with Gasteiger partial charge in [0.05, 0.1) is 6.07 Å². The molecule has 0 spiro atoms. The molecular weight excluding hydrogens is 162 g/mol. The summed E-state index contributed by atoms with van der Waals surface area (Å²) in [7, 11) is 3.77. The minimum atomic E-state index is -0.201. The van der Waals surface area contributed by atoms with Gasteiger partial charge in [-0.15, -0.1) is 0 Å². The second-order valence-corrected chi connectivity index (χ2v) is 3.23. The minimum absolute atomic E-state index is 0.201. The number of pyridine rings is 1. The van der Waals surface area contributed by atoms with Crippen molar-refractivity contribution in [2.24, 2.45) is 0 Å². The standard InChI is InChI=1S/C10H13N3/c1-8-4-5-9(7-12-8)10(6-11)13(2)3/h4-5,7,10H,1-3H3. The van der Waals surface area contributed by atoms with E-state index in [1.54, 1.807) is 6.20 Å². The topological polar surface area (TPSA) is 39.9 Å². The molecule has 0 aromatic carbocycles. The second kappa shape index (κ2) is 4.01. The van der Waals surface area contributed by atoms with Gasteiger partial charge in [0.2, 0.25) is 0 Å². The Labute approximate surface area is 78.6 Å². The van der Waals surface area contributed by atoms with Crippen LogP contribution in [0.3, 0.4) is 0 Å². The van der Waals surface area contributed by atoms with Crippen LogP contribution in [0.2, 0.25) is 0 Å². The number of rotatable bonds is 2. The lowest BCUT2D eigenvalue weighted by atomic mass is 10.1. The number of nitriles is 1. The quantitative estimate of drug-likeness (QED) is 0.684. The molecule has 1 heterocycles. The fourth-order valence-electron chi connectivity index (χ4n) is 1.13. The van der Waals surface area contributed by atoms with Crippen molar-refractivity contribution in [2.45, 2.75) is 13.0 Å². The molecule has 68 valence electrons. The van der Waals surface area contributed by atoms with Crippen LogP contribution in [-0.2, 0) is 0 Å². The molecule has 1 aromatic heterocycles. The molecule has 0 bridgehead atoms. The normalized spacial score (nSPS) is 12.5.